The van der Waals surface area contributed by atoms with E-state index in [-0.39, 0.29) is 6.54 Å². The molecular formula is C14H16N6O. The Bertz CT molecular complexity index is 708. The molecule has 0 fully saturated rings. The number of hydrogen-bond acceptors (Lipinski definition) is 2. The predicted molar refractivity (Wildman–Crippen MR) is 79.2 cm³/mol. The van der Waals surface area contributed by atoms with E-state index in [1.807, 2.05) is 49.6 Å². The number of azide groups is 1. The highest BCUT2D eigenvalue weighted by Crippen LogP contribution is 2.16. The van der Waals surface area contributed by atoms with Crippen molar-refractivity contribution >= 4 is 6.03 Å². The average molecular weight is 284 g/mol. The van der Waals surface area contributed by atoms with Crippen LogP contribution in [0.3, 0.4) is 0 Å². The van der Waals surface area contributed by atoms with E-state index in [0.29, 0.717) is 5.69 Å². The van der Waals surface area contributed by atoms with Crippen LogP contribution in [0.1, 0.15) is 22.6 Å². The monoisotopic (exact) mass is 284 g/mol. The first kappa shape index (κ1) is 14.6. The summed E-state index contributed by atoms with van der Waals surface area (Å²) in [6.45, 7) is 6.21. The van der Waals surface area contributed by atoms with E-state index in [0.717, 1.165) is 22.8 Å². The number of nitrogens with one attached hydrogen (secondary N) is 1. The van der Waals surface area contributed by atoms with Crippen molar-refractivity contribution < 1.29 is 4.79 Å². The molecule has 7 heteroatoms. The van der Waals surface area contributed by atoms with E-state index in [1.165, 1.54) is 0 Å². The molecule has 2 aromatic heterocycles. The number of nitrogens with zero attached hydrogens (tertiary/aromatic N) is 5. The van der Waals surface area contributed by atoms with Crippen LogP contribution >= 0.6 is 0 Å². The van der Waals surface area contributed by atoms with E-state index >= 15 is 0 Å². The summed E-state index contributed by atoms with van der Waals surface area (Å²) in [5.74, 6) is 0.808. The molecule has 0 bridgehead atoms. The lowest BCUT2D eigenvalue weighted by atomic mass is 10.2. The van der Waals surface area contributed by atoms with Gasteiger partial charge in [0, 0.05) is 21.4 Å². The van der Waals surface area contributed by atoms with Crippen LogP contribution in [0.4, 0.5) is 4.79 Å². The van der Waals surface area contributed by atoms with Crippen LogP contribution in [0.15, 0.2) is 29.4 Å². The third-order valence-electron chi connectivity index (χ3n) is 3.07. The smallest absolute Gasteiger partial charge is 0.308 e. The summed E-state index contributed by atoms with van der Waals surface area (Å²) in [5.41, 5.74) is 12.1. The highest BCUT2D eigenvalue weighted by atomic mass is 16.2. The Morgan fingerprint density at radius 1 is 1.33 bits per heavy atom. The molecule has 108 valence electrons. The molecule has 2 aromatic rings. The molecular weight excluding hydrogens is 268 g/mol. The minimum Gasteiger partial charge on any atom is -0.345 e. The van der Waals surface area contributed by atoms with Crippen molar-refractivity contribution in [2.75, 3.05) is 0 Å². The predicted octanol–water partition coefficient (Wildman–Crippen LogP) is 3.32. The first-order chi connectivity index (χ1) is 10.0. The molecule has 2 amide bonds. The van der Waals surface area contributed by atoms with E-state index < -0.39 is 6.03 Å². The minimum atomic E-state index is -0.712. The maximum absolute atomic E-state index is 11.2. The van der Waals surface area contributed by atoms with Gasteiger partial charge in [-0.2, -0.15) is 0 Å². The van der Waals surface area contributed by atoms with Gasteiger partial charge in [0.15, 0.2) is 0 Å². The summed E-state index contributed by atoms with van der Waals surface area (Å²) in [7, 11) is 0. The van der Waals surface area contributed by atoms with Gasteiger partial charge in [-0.15, -0.1) is 0 Å². The summed E-state index contributed by atoms with van der Waals surface area (Å²) in [5, 5.41) is 5.46. The highest BCUT2D eigenvalue weighted by Gasteiger charge is 2.08. The third kappa shape index (κ3) is 3.40. The third-order valence-corrected chi connectivity index (χ3v) is 3.07. The number of pyridine rings is 1. The summed E-state index contributed by atoms with van der Waals surface area (Å²) >= 11 is 0. The lowest BCUT2D eigenvalue weighted by molar-refractivity contribution is 0.248. The van der Waals surface area contributed by atoms with Crippen molar-refractivity contribution in [1.29, 1.82) is 0 Å². The number of urea groups is 1. The Morgan fingerprint density at radius 2 is 2.00 bits per heavy atom. The van der Waals surface area contributed by atoms with Crippen molar-refractivity contribution in [2.24, 2.45) is 5.11 Å². The average Bonchev–Trinajstić information content (AvgIpc) is 2.76. The summed E-state index contributed by atoms with van der Waals surface area (Å²) < 4.78 is 2.05. The molecule has 0 saturated carbocycles. The van der Waals surface area contributed by atoms with Crippen molar-refractivity contribution in [2.45, 2.75) is 27.3 Å². The molecule has 0 radical (unpaired) electrons. The van der Waals surface area contributed by atoms with Gasteiger partial charge in [-0.05, 0) is 56.1 Å². The number of carbonyl (C=O) groups excluding carboxylic acids is 1. The molecule has 7 nitrogen and oxygen atoms in total. The van der Waals surface area contributed by atoms with Gasteiger partial charge in [0.25, 0.3) is 0 Å². The first-order valence-electron chi connectivity index (χ1n) is 6.47. The van der Waals surface area contributed by atoms with Gasteiger partial charge in [-0.1, -0.05) is 0 Å². The van der Waals surface area contributed by atoms with Crippen LogP contribution in [-0.2, 0) is 6.54 Å². The quantitative estimate of drug-likeness (QED) is 0.531. The Hall–Kier alpha value is -2.79. The van der Waals surface area contributed by atoms with Gasteiger partial charge in [-0.25, -0.2) is 4.98 Å². The Kier molecular flexibility index (Phi) is 4.25. The van der Waals surface area contributed by atoms with Crippen molar-refractivity contribution in [3.8, 4) is 5.82 Å². The topological polar surface area (TPSA) is 95.7 Å². The highest BCUT2D eigenvalue weighted by molar-refractivity contribution is 5.74. The van der Waals surface area contributed by atoms with Gasteiger partial charge in [0.2, 0.25) is 0 Å². The Morgan fingerprint density at radius 3 is 2.62 bits per heavy atom. The minimum absolute atomic E-state index is 0.214. The van der Waals surface area contributed by atoms with Gasteiger partial charge >= 0.3 is 6.03 Å². The van der Waals surface area contributed by atoms with E-state index in [4.69, 9.17) is 5.53 Å². The maximum Gasteiger partial charge on any atom is 0.308 e. The van der Waals surface area contributed by atoms with Crippen molar-refractivity contribution in [1.82, 2.24) is 14.9 Å². The molecule has 1 N–H and O–H groups in total. The number of rotatable bonds is 3. The molecule has 2 heterocycles. The van der Waals surface area contributed by atoms with Crippen molar-refractivity contribution in [3.63, 3.8) is 0 Å². The van der Waals surface area contributed by atoms with Gasteiger partial charge in [-0.3, -0.25) is 4.79 Å². The summed E-state index contributed by atoms with van der Waals surface area (Å²) in [6.07, 6.45) is 0. The Balaban J connectivity index is 2.30. The van der Waals surface area contributed by atoms with E-state index in [1.54, 1.807) is 0 Å². The lowest BCUT2D eigenvalue weighted by Gasteiger charge is -2.11. The molecule has 0 saturated heterocycles. The molecule has 0 aliphatic heterocycles. The fourth-order valence-corrected chi connectivity index (χ4v) is 2.20. The molecule has 0 aliphatic rings. The number of carbonyl (C=O) groups is 1. The molecule has 0 atom stereocenters. The van der Waals surface area contributed by atoms with Crippen LogP contribution < -0.4 is 5.32 Å². The number of amides is 2. The van der Waals surface area contributed by atoms with E-state index in [9.17, 15) is 4.79 Å². The largest absolute Gasteiger partial charge is 0.345 e. The van der Waals surface area contributed by atoms with Crippen LogP contribution in [0.2, 0.25) is 0 Å². The van der Waals surface area contributed by atoms with E-state index in [2.05, 4.69) is 20.3 Å². The molecule has 0 aromatic carbocycles. The van der Waals surface area contributed by atoms with Crippen LogP contribution in [0.5, 0.6) is 0 Å². The van der Waals surface area contributed by atoms with Crippen LogP contribution in [-0.4, -0.2) is 15.6 Å². The Labute approximate surface area is 122 Å². The van der Waals surface area contributed by atoms with Gasteiger partial charge < -0.3 is 9.88 Å². The molecule has 2 rings (SSSR count). The molecule has 0 spiro atoms. The zero-order valence-corrected chi connectivity index (χ0v) is 12.2. The summed E-state index contributed by atoms with van der Waals surface area (Å²) in [6, 6.07) is 7.22. The number of hydrogen-bond donors (Lipinski definition) is 1. The molecule has 0 unspecified atom stereocenters. The standard InChI is InChI=1S/C14H16N6O/c1-9-6-12(8-16-14(21)18-19-15)17-13(7-9)20-10(2)4-5-11(20)3/h4-7H,8H2,1-3H3,(H,16,21). The second-order valence-corrected chi connectivity index (χ2v) is 4.79. The zero-order chi connectivity index (χ0) is 15.4. The van der Waals surface area contributed by atoms with Crippen molar-refractivity contribution in [3.05, 3.63) is 57.4 Å². The van der Waals surface area contributed by atoms with Crippen LogP contribution in [0, 0.1) is 20.8 Å². The first-order valence-corrected chi connectivity index (χ1v) is 6.47. The maximum atomic E-state index is 11.2. The second kappa shape index (κ2) is 6.11. The van der Waals surface area contributed by atoms with Gasteiger partial charge in [0.1, 0.15) is 5.82 Å². The van der Waals surface area contributed by atoms with Crippen LogP contribution in [0.25, 0.3) is 16.3 Å². The molecule has 0 aliphatic carbocycles. The second-order valence-electron chi connectivity index (χ2n) is 4.79. The summed E-state index contributed by atoms with van der Waals surface area (Å²) in [4.78, 5) is 18.1. The molecule has 21 heavy (non-hydrogen) atoms. The normalized spacial score (nSPS) is 10.0. The number of aromatic nitrogens is 2. The fraction of sp³-hybridized carbons (Fsp3) is 0.286. The lowest BCUT2D eigenvalue weighted by Crippen LogP contribution is -2.19. The zero-order valence-electron chi connectivity index (χ0n) is 12.2. The fourth-order valence-electron chi connectivity index (χ4n) is 2.20. The number of aryl methyl sites for hydroxylation is 3. The SMILES string of the molecule is Cc1cc(CNC(=O)N=[N+]=[N-])nc(-n2c(C)ccc2C)c1. The van der Waals surface area contributed by atoms with Gasteiger partial charge in [0.05, 0.1) is 12.2 Å².